The molecule has 8 heteroatoms. The lowest BCUT2D eigenvalue weighted by Crippen LogP contribution is -2.11. The summed E-state index contributed by atoms with van der Waals surface area (Å²) in [7, 11) is 0. The average Bonchev–Trinajstić information content (AvgIpc) is 2.67. The zero-order valence-corrected chi connectivity index (χ0v) is 17.7. The molecule has 0 aliphatic rings. The van der Waals surface area contributed by atoms with E-state index >= 15 is 0 Å². The van der Waals surface area contributed by atoms with Gasteiger partial charge in [0, 0.05) is 11.1 Å². The Morgan fingerprint density at radius 3 is 2.75 bits per heavy atom. The molecule has 2 N–H and O–H groups in total. The monoisotopic (exact) mass is 420 g/mol. The second-order valence-electron chi connectivity index (χ2n) is 6.32. The number of benzene rings is 1. The van der Waals surface area contributed by atoms with Crippen LogP contribution >= 0.6 is 23.7 Å². The predicted molar refractivity (Wildman–Crippen MR) is 112 cm³/mol. The third-order valence-corrected chi connectivity index (χ3v) is 5.72. The van der Waals surface area contributed by atoms with Crippen molar-refractivity contribution in [2.45, 2.75) is 43.9 Å². The van der Waals surface area contributed by atoms with Crippen LogP contribution in [-0.4, -0.2) is 10.7 Å². The van der Waals surface area contributed by atoms with Crippen LogP contribution in [0.1, 0.15) is 36.6 Å². The molecule has 0 aliphatic carbocycles. The van der Waals surface area contributed by atoms with E-state index in [0.717, 1.165) is 28.8 Å². The Balaban J connectivity index is 2.12. The third-order valence-electron chi connectivity index (χ3n) is 4.27. The number of pyridine rings is 1. The summed E-state index contributed by atoms with van der Waals surface area (Å²) in [6.07, 6.45) is -0.467. The fraction of sp³-hybridized carbons (Fsp3) is 0.300. The summed E-state index contributed by atoms with van der Waals surface area (Å²) in [6.45, 7) is 7.54. The minimum absolute atomic E-state index is 0.0454. The molecule has 2 aromatic heterocycles. The Labute approximate surface area is 171 Å². The molecular formula is C20H21FN2O3S2. The minimum Gasteiger partial charge on any atom is -0.483 e. The number of aromatic nitrogens is 1. The summed E-state index contributed by atoms with van der Waals surface area (Å²) in [5.74, 6) is 0.534. The van der Waals surface area contributed by atoms with Crippen LogP contribution in [0.15, 0.2) is 43.6 Å². The van der Waals surface area contributed by atoms with Crippen LogP contribution in [-0.2, 0) is 0 Å². The van der Waals surface area contributed by atoms with Crippen LogP contribution < -0.4 is 15.3 Å². The summed E-state index contributed by atoms with van der Waals surface area (Å²) in [4.78, 5) is 16.6. The van der Waals surface area contributed by atoms with Crippen LogP contribution in [0.25, 0.3) is 11.0 Å². The van der Waals surface area contributed by atoms with Crippen molar-refractivity contribution in [3.63, 3.8) is 0 Å². The van der Waals surface area contributed by atoms with Gasteiger partial charge in [-0.2, -0.15) is 4.39 Å². The number of thioether (sulfide) groups is 1. The van der Waals surface area contributed by atoms with Gasteiger partial charge in [-0.15, -0.1) is 0 Å². The van der Waals surface area contributed by atoms with Crippen LogP contribution in [0.2, 0.25) is 0 Å². The first-order chi connectivity index (χ1) is 13.3. The fourth-order valence-corrected chi connectivity index (χ4v) is 4.04. The number of fused-ring (bicyclic) bond motifs is 1. The topological polar surface area (TPSA) is 78.3 Å². The Hall–Kier alpha value is -2.03. The second kappa shape index (κ2) is 8.55. The molecule has 0 saturated carbocycles. The molecule has 0 bridgehead atoms. The quantitative estimate of drug-likeness (QED) is 0.335. The average molecular weight is 421 g/mol. The zero-order valence-electron chi connectivity index (χ0n) is 16.0. The van der Waals surface area contributed by atoms with Gasteiger partial charge in [0.2, 0.25) is 5.95 Å². The van der Waals surface area contributed by atoms with Gasteiger partial charge >= 0.3 is 0 Å². The first-order valence-corrected chi connectivity index (χ1v) is 10.6. The van der Waals surface area contributed by atoms with Gasteiger partial charge in [0.1, 0.15) is 11.7 Å². The Morgan fingerprint density at radius 1 is 1.32 bits per heavy atom. The lowest BCUT2D eigenvalue weighted by Gasteiger charge is -2.19. The molecule has 28 heavy (non-hydrogen) atoms. The number of nitrogens with two attached hydrogens (primary N) is 1. The lowest BCUT2D eigenvalue weighted by atomic mass is 10.0. The van der Waals surface area contributed by atoms with Crippen molar-refractivity contribution in [2.75, 3.05) is 5.75 Å². The van der Waals surface area contributed by atoms with E-state index in [1.807, 2.05) is 32.9 Å². The summed E-state index contributed by atoms with van der Waals surface area (Å²) < 4.78 is 25.5. The maximum atomic E-state index is 13.4. The maximum absolute atomic E-state index is 13.4. The lowest BCUT2D eigenvalue weighted by molar-refractivity contribution is 0.218. The SMILES string of the molecule is CCSc1oc2c(C(C)Oc3ccc(F)nc3SN)cc(C)cc2c(=O)c1C. The molecule has 148 valence electrons. The molecule has 3 rings (SSSR count). The Morgan fingerprint density at radius 2 is 2.07 bits per heavy atom. The van der Waals surface area contributed by atoms with Crippen LogP contribution in [0, 0.1) is 19.8 Å². The second-order valence-corrected chi connectivity index (χ2v) is 8.18. The molecule has 5 nitrogen and oxygen atoms in total. The standard InChI is InChI=1S/C20H21FN2O3S2/c1-5-27-20-11(3)17(24)14-9-10(2)8-13(18(14)26-20)12(4)25-15-6-7-16(21)23-19(15)28-22/h6-9,12H,5,22H2,1-4H3. The van der Waals surface area contributed by atoms with Gasteiger partial charge in [-0.1, -0.05) is 18.7 Å². The highest BCUT2D eigenvalue weighted by molar-refractivity contribution is 7.99. The summed E-state index contributed by atoms with van der Waals surface area (Å²) in [5, 5.41) is 6.97. The molecule has 0 aliphatic heterocycles. The number of aryl methyl sites for hydroxylation is 1. The number of rotatable bonds is 6. The minimum atomic E-state index is -0.628. The highest BCUT2D eigenvalue weighted by Gasteiger charge is 2.20. The Bertz CT molecular complexity index is 1090. The molecule has 1 aromatic carbocycles. The van der Waals surface area contributed by atoms with E-state index in [1.54, 1.807) is 6.92 Å². The number of nitrogens with zero attached hydrogens (tertiary/aromatic N) is 1. The molecule has 2 heterocycles. The molecule has 0 amide bonds. The summed E-state index contributed by atoms with van der Waals surface area (Å²) in [6, 6.07) is 6.46. The summed E-state index contributed by atoms with van der Waals surface area (Å²) >= 11 is 2.30. The third kappa shape index (κ3) is 4.04. The van der Waals surface area contributed by atoms with E-state index in [-0.39, 0.29) is 10.5 Å². The van der Waals surface area contributed by atoms with Gasteiger partial charge in [0.25, 0.3) is 0 Å². The maximum Gasteiger partial charge on any atom is 0.214 e. The zero-order chi connectivity index (χ0) is 20.4. The van der Waals surface area contributed by atoms with Gasteiger partial charge in [0.15, 0.2) is 21.3 Å². The predicted octanol–water partition coefficient (Wildman–Crippen LogP) is 5.16. The van der Waals surface area contributed by atoms with Gasteiger partial charge in [-0.25, -0.2) is 4.98 Å². The van der Waals surface area contributed by atoms with Crippen molar-refractivity contribution in [1.82, 2.24) is 4.98 Å². The van der Waals surface area contributed by atoms with Gasteiger partial charge < -0.3 is 9.15 Å². The van der Waals surface area contributed by atoms with E-state index in [4.69, 9.17) is 14.3 Å². The van der Waals surface area contributed by atoms with Crippen molar-refractivity contribution >= 4 is 34.7 Å². The Kier molecular flexibility index (Phi) is 6.32. The highest BCUT2D eigenvalue weighted by atomic mass is 32.2. The number of halogens is 1. The summed E-state index contributed by atoms with van der Waals surface area (Å²) in [5.41, 5.74) is 2.72. The molecular weight excluding hydrogens is 399 g/mol. The van der Waals surface area contributed by atoms with Gasteiger partial charge in [0.05, 0.1) is 5.39 Å². The molecule has 0 fully saturated rings. The van der Waals surface area contributed by atoms with Crippen molar-refractivity contribution in [2.24, 2.45) is 5.14 Å². The largest absolute Gasteiger partial charge is 0.483 e. The molecule has 0 saturated heterocycles. The number of hydrogen-bond acceptors (Lipinski definition) is 7. The van der Waals surface area contributed by atoms with E-state index in [9.17, 15) is 9.18 Å². The van der Waals surface area contributed by atoms with E-state index in [2.05, 4.69) is 4.98 Å². The van der Waals surface area contributed by atoms with E-state index in [1.165, 1.54) is 23.9 Å². The molecule has 1 unspecified atom stereocenters. The number of ether oxygens (including phenoxy) is 1. The van der Waals surface area contributed by atoms with Gasteiger partial charge in [-0.05, 0) is 68.3 Å². The number of hydrogen-bond donors (Lipinski definition) is 1. The first kappa shape index (κ1) is 20.7. The van der Waals surface area contributed by atoms with Crippen molar-refractivity contribution in [3.8, 4) is 5.75 Å². The normalized spacial score (nSPS) is 12.4. The van der Waals surface area contributed by atoms with Crippen molar-refractivity contribution in [3.05, 3.63) is 57.1 Å². The van der Waals surface area contributed by atoms with Crippen molar-refractivity contribution in [1.29, 1.82) is 0 Å². The molecule has 3 aromatic rings. The van der Waals surface area contributed by atoms with Crippen molar-refractivity contribution < 1.29 is 13.5 Å². The van der Waals surface area contributed by atoms with Crippen LogP contribution in [0.5, 0.6) is 5.75 Å². The molecule has 0 spiro atoms. The van der Waals surface area contributed by atoms with E-state index < -0.39 is 12.1 Å². The molecule has 1 atom stereocenters. The fourth-order valence-electron chi connectivity index (χ4n) is 2.95. The smallest absolute Gasteiger partial charge is 0.214 e. The van der Waals surface area contributed by atoms with Gasteiger partial charge in [-0.3, -0.25) is 9.93 Å². The highest BCUT2D eigenvalue weighted by Crippen LogP contribution is 2.34. The molecule has 0 radical (unpaired) electrons. The van der Waals surface area contributed by atoms with E-state index in [0.29, 0.717) is 27.4 Å². The van der Waals surface area contributed by atoms with Crippen LogP contribution in [0.3, 0.4) is 0 Å². The first-order valence-electron chi connectivity index (χ1n) is 8.76. The van der Waals surface area contributed by atoms with Crippen LogP contribution in [0.4, 0.5) is 4.39 Å².